The van der Waals surface area contributed by atoms with Crippen LogP contribution >= 0.6 is 0 Å². The SMILES string of the molecule is O=C(/C=C/c1ccc(O)cc1)OC[C@H]1O[C@H](OC2=C(c3ccc(O)c(O)c3)[OH+]C3C=C(O)C=C(O[C@@H]4O[C@H](CO)[C@@H](O)[C@H](O)[C@H]4O)C3=C2)[C@H](O[C@@H]2O[C@H](CO)[C@@H](O)[C@H](O)[C@H]2O)[C@@H](O)[C@@H]1O. The summed E-state index contributed by atoms with van der Waals surface area (Å²) >= 11 is 0. The van der Waals surface area contributed by atoms with E-state index < -0.39 is 141 Å². The number of phenolic OH excluding ortho intramolecular Hbond substituents is 3. The number of hydrogen-bond acceptors (Lipinski definition) is 22. The van der Waals surface area contributed by atoms with E-state index in [1.807, 2.05) is 0 Å². The summed E-state index contributed by atoms with van der Waals surface area (Å²) in [6.07, 6.45) is -22.4. The molecule has 23 heteroatoms. The quantitative estimate of drug-likeness (QED) is 0.0399. The molecule has 4 aliphatic heterocycles. The second-order valence-corrected chi connectivity index (χ2v) is 15.5. The van der Waals surface area contributed by atoms with Crippen LogP contribution < -0.4 is 0 Å². The normalized spacial score (nSPS) is 36.2. The van der Waals surface area contributed by atoms with Gasteiger partial charge >= 0.3 is 11.7 Å². The van der Waals surface area contributed by atoms with Gasteiger partial charge in [0.1, 0.15) is 91.0 Å². The van der Waals surface area contributed by atoms with Crippen molar-refractivity contribution in [2.24, 2.45) is 0 Å². The third-order valence-corrected chi connectivity index (χ3v) is 11.1. The fraction of sp³-hybridized carbons (Fsp3) is 0.452. The van der Waals surface area contributed by atoms with E-state index in [0.717, 1.165) is 24.3 Å². The van der Waals surface area contributed by atoms with Crippen LogP contribution in [0.5, 0.6) is 17.2 Å². The molecule has 0 saturated carbocycles. The smallest absolute Gasteiger partial charge is 0.330 e. The van der Waals surface area contributed by atoms with E-state index >= 15 is 0 Å². The molecule has 7 rings (SSSR count). The standard InChI is InChI=1S/C42H48O23/c43-13-26-30(50)33(53)36(56)40(62-26)60-24-11-19(46)10-23-20(24)12-25(38(59-23)17-4-7-21(47)22(48)9-17)61-42-39(65-41-37(57)34(54)31(51)27(14-44)63-41)35(55)32(52)28(64-42)15-58-29(49)8-3-16-1-5-18(45)6-2-16/h1-12,23,26-28,30-37,39-48,50-57H,13-15H2/p+1/b8-3+/t23?,26-,27-,28-,30-,31-,32-,33+,34+,35+,36-,37-,39-,40-,41+,42+/m1/s1. The monoisotopic (exact) mass is 921 g/mol. The maximum Gasteiger partial charge on any atom is 0.330 e. The van der Waals surface area contributed by atoms with Gasteiger partial charge in [0.2, 0.25) is 24.4 Å². The molecule has 354 valence electrons. The summed E-state index contributed by atoms with van der Waals surface area (Å²) in [4.78, 5) is 12.8. The highest BCUT2D eigenvalue weighted by Crippen LogP contribution is 2.41. The van der Waals surface area contributed by atoms with Crippen LogP contribution in [0, 0.1) is 0 Å². The number of carbonyl (C=O) groups excluding carboxylic acids is 1. The van der Waals surface area contributed by atoms with Crippen LogP contribution in [-0.2, 0) is 38.0 Å². The topological polar surface area (TPSA) is 378 Å². The van der Waals surface area contributed by atoms with Gasteiger partial charge in [-0.15, -0.1) is 0 Å². The van der Waals surface area contributed by atoms with Gasteiger partial charge in [0.25, 0.3) is 0 Å². The Labute approximate surface area is 367 Å². The number of allylic oxidation sites excluding steroid dienone is 2. The van der Waals surface area contributed by atoms with E-state index in [1.165, 1.54) is 48.6 Å². The Bertz CT molecular complexity index is 2170. The van der Waals surface area contributed by atoms with E-state index in [1.54, 1.807) is 0 Å². The Kier molecular flexibility index (Phi) is 14.7. The third kappa shape index (κ3) is 10.2. The van der Waals surface area contributed by atoms with Gasteiger partial charge in [-0.25, -0.2) is 4.79 Å². The van der Waals surface area contributed by atoms with Gasteiger partial charge in [-0.05, 0) is 35.9 Å². The number of benzene rings is 2. The number of hydrogen-bond donors (Lipinski definition) is 14. The van der Waals surface area contributed by atoms with Crippen LogP contribution in [0.15, 0.2) is 89.6 Å². The number of esters is 1. The number of rotatable bonds is 13. The largest absolute Gasteiger partial charge is 0.571 e. The summed E-state index contributed by atoms with van der Waals surface area (Å²) in [5, 5.41) is 147. The van der Waals surface area contributed by atoms with E-state index in [4.69, 9.17) is 33.2 Å². The van der Waals surface area contributed by atoms with Crippen LogP contribution in [0.4, 0.5) is 0 Å². The summed E-state index contributed by atoms with van der Waals surface area (Å²) in [6.45, 7) is -2.37. The van der Waals surface area contributed by atoms with Crippen molar-refractivity contribution in [2.75, 3.05) is 19.8 Å². The lowest BCUT2D eigenvalue weighted by molar-refractivity contribution is -0.363. The Morgan fingerprint density at radius 2 is 1.28 bits per heavy atom. The van der Waals surface area contributed by atoms with Crippen molar-refractivity contribution in [3.05, 3.63) is 101 Å². The van der Waals surface area contributed by atoms with Crippen molar-refractivity contribution in [1.29, 1.82) is 0 Å². The maximum absolute atomic E-state index is 12.8. The summed E-state index contributed by atoms with van der Waals surface area (Å²) < 4.78 is 45.2. The number of aliphatic hydroxyl groups is 13. The average Bonchev–Trinajstić information content (AvgIpc) is 3.29. The Morgan fingerprint density at radius 3 is 1.92 bits per heavy atom. The van der Waals surface area contributed by atoms with Gasteiger partial charge in [0, 0.05) is 24.3 Å². The summed E-state index contributed by atoms with van der Waals surface area (Å²) in [7, 11) is 0. The maximum atomic E-state index is 12.8. The zero-order valence-corrected chi connectivity index (χ0v) is 33.8. The predicted octanol–water partition coefficient (Wildman–Crippen LogP) is -3.63. The zero-order valence-electron chi connectivity index (χ0n) is 33.8. The van der Waals surface area contributed by atoms with Crippen LogP contribution in [0.3, 0.4) is 0 Å². The molecule has 23 nitrogen and oxygen atoms in total. The highest BCUT2D eigenvalue weighted by atomic mass is 16.8. The number of fused-ring (bicyclic) bond motifs is 1. The van der Waals surface area contributed by atoms with Crippen molar-refractivity contribution >= 4 is 17.8 Å². The molecule has 0 spiro atoms. The van der Waals surface area contributed by atoms with Crippen molar-refractivity contribution in [3.63, 3.8) is 0 Å². The highest BCUT2D eigenvalue weighted by Gasteiger charge is 2.53. The van der Waals surface area contributed by atoms with E-state index in [0.29, 0.717) is 5.56 Å². The van der Waals surface area contributed by atoms with Crippen molar-refractivity contribution in [1.82, 2.24) is 0 Å². The molecule has 0 amide bonds. The van der Waals surface area contributed by atoms with Crippen molar-refractivity contribution in [3.8, 4) is 17.2 Å². The number of aliphatic hydroxyl groups excluding tert-OH is 11. The van der Waals surface area contributed by atoms with E-state index in [2.05, 4.69) is 4.74 Å². The molecule has 4 heterocycles. The lowest BCUT2D eigenvalue weighted by atomic mass is 9.95. The molecule has 2 aromatic carbocycles. The minimum Gasteiger partial charge on any atom is -0.571 e. The van der Waals surface area contributed by atoms with Crippen molar-refractivity contribution in [2.45, 2.75) is 98.2 Å². The fourth-order valence-electron chi connectivity index (χ4n) is 7.41. The number of carbonyl (C=O) groups is 1. The summed E-state index contributed by atoms with van der Waals surface area (Å²) in [5.41, 5.74) is 0.639. The van der Waals surface area contributed by atoms with Gasteiger partial charge in [0.05, 0.1) is 30.4 Å². The minimum absolute atomic E-state index is 0.00693. The average molecular weight is 922 g/mol. The number of aromatic hydroxyl groups is 3. The predicted molar refractivity (Wildman–Crippen MR) is 213 cm³/mol. The minimum atomic E-state index is -2.06. The van der Waals surface area contributed by atoms with Gasteiger partial charge in [-0.2, -0.15) is 0 Å². The lowest BCUT2D eigenvalue weighted by Gasteiger charge is -2.46. The van der Waals surface area contributed by atoms with E-state index in [-0.39, 0.29) is 34.2 Å². The fourth-order valence-corrected chi connectivity index (χ4v) is 7.41. The molecule has 1 aliphatic carbocycles. The van der Waals surface area contributed by atoms with Crippen LogP contribution in [0.1, 0.15) is 11.1 Å². The van der Waals surface area contributed by atoms with Gasteiger partial charge in [-0.1, -0.05) is 12.1 Å². The first-order chi connectivity index (χ1) is 31.0. The zero-order chi connectivity index (χ0) is 46.9. The van der Waals surface area contributed by atoms with Gasteiger partial charge in [0.15, 0.2) is 23.9 Å². The first kappa shape index (κ1) is 47.6. The van der Waals surface area contributed by atoms with Crippen LogP contribution in [0.25, 0.3) is 11.8 Å². The van der Waals surface area contributed by atoms with Gasteiger partial charge in [-0.3, -0.25) is 0 Å². The second-order valence-electron chi connectivity index (χ2n) is 15.5. The Morgan fingerprint density at radius 1 is 0.662 bits per heavy atom. The molecule has 1 unspecified atom stereocenters. The third-order valence-electron chi connectivity index (χ3n) is 11.1. The molecule has 3 fully saturated rings. The van der Waals surface area contributed by atoms with Crippen LogP contribution in [-0.4, -0.2) is 200 Å². The summed E-state index contributed by atoms with van der Waals surface area (Å²) in [6, 6.07) is 9.35. The first-order valence-electron chi connectivity index (χ1n) is 20.0. The lowest BCUT2D eigenvalue weighted by Crippen LogP contribution is -2.64. The molecular formula is C42H49O23+. The molecule has 65 heavy (non-hydrogen) atoms. The molecule has 3 saturated heterocycles. The van der Waals surface area contributed by atoms with E-state index in [9.17, 15) is 76.3 Å². The Balaban J connectivity index is 1.24. The molecule has 0 aromatic heterocycles. The highest BCUT2D eigenvalue weighted by molar-refractivity contribution is 5.87. The molecular weight excluding hydrogens is 872 g/mol. The van der Waals surface area contributed by atoms with Crippen molar-refractivity contribution < 1.29 is 114 Å². The molecule has 15 N–H and O–H groups in total. The Hall–Kier alpha value is -5.35. The molecule has 2 aromatic rings. The molecule has 5 aliphatic rings. The first-order valence-corrected chi connectivity index (χ1v) is 20.0. The summed E-state index contributed by atoms with van der Waals surface area (Å²) in [5.74, 6) is -3.17. The van der Waals surface area contributed by atoms with Gasteiger partial charge < -0.3 is 109 Å². The molecule has 0 bridgehead atoms. The molecule has 0 radical (unpaired) electrons. The number of ether oxygens (including phenoxy) is 8. The number of phenols is 3. The van der Waals surface area contributed by atoms with Crippen LogP contribution in [0.2, 0.25) is 0 Å². The molecule has 16 atom stereocenters. The second kappa shape index (κ2) is 20.0.